The molecule has 0 aliphatic rings. The van der Waals surface area contributed by atoms with Gasteiger partial charge in [0.05, 0.1) is 11.6 Å². The maximum absolute atomic E-state index is 13.1. The van der Waals surface area contributed by atoms with Crippen LogP contribution in [0.1, 0.15) is 20.3 Å². The molecule has 0 saturated carbocycles. The summed E-state index contributed by atoms with van der Waals surface area (Å²) in [6.45, 7) is 3.49. The predicted octanol–water partition coefficient (Wildman–Crippen LogP) is 2.16. The van der Waals surface area contributed by atoms with Crippen LogP contribution < -0.4 is 4.72 Å². The van der Waals surface area contributed by atoms with Gasteiger partial charge in [-0.1, -0.05) is 25.4 Å². The lowest BCUT2D eigenvalue weighted by molar-refractivity contribution is 0.240. The van der Waals surface area contributed by atoms with Crippen molar-refractivity contribution in [2.24, 2.45) is 5.92 Å². The fraction of sp³-hybridized carbons (Fsp3) is 0.500. The van der Waals surface area contributed by atoms with E-state index in [1.54, 1.807) is 0 Å². The summed E-state index contributed by atoms with van der Waals surface area (Å²) in [6.07, 6.45) is 0.475. The van der Waals surface area contributed by atoms with E-state index in [-0.39, 0.29) is 22.4 Å². The first kappa shape index (κ1) is 16.4. The highest BCUT2D eigenvalue weighted by Crippen LogP contribution is 2.22. The second kappa shape index (κ2) is 6.65. The maximum atomic E-state index is 13.1. The van der Waals surface area contributed by atoms with Gasteiger partial charge in [-0.15, -0.1) is 0 Å². The monoisotopic (exact) mass is 309 g/mol. The molecule has 1 atom stereocenters. The van der Waals surface area contributed by atoms with Crippen LogP contribution in [0.5, 0.6) is 0 Å². The van der Waals surface area contributed by atoms with Crippen molar-refractivity contribution in [2.75, 3.05) is 6.61 Å². The Morgan fingerprint density at radius 3 is 2.58 bits per heavy atom. The summed E-state index contributed by atoms with van der Waals surface area (Å²) in [5.41, 5.74) is 0. The number of nitrogens with one attached hydrogen (secondary N) is 1. The van der Waals surface area contributed by atoms with Crippen molar-refractivity contribution in [2.45, 2.75) is 31.2 Å². The lowest BCUT2D eigenvalue weighted by atomic mass is 10.1. The van der Waals surface area contributed by atoms with Crippen molar-refractivity contribution in [1.29, 1.82) is 0 Å². The van der Waals surface area contributed by atoms with E-state index in [4.69, 9.17) is 11.6 Å². The van der Waals surface area contributed by atoms with Crippen molar-refractivity contribution < 1.29 is 17.9 Å². The topological polar surface area (TPSA) is 66.4 Å². The minimum absolute atomic E-state index is 0.0601. The third kappa shape index (κ3) is 4.72. The number of sulfonamides is 1. The van der Waals surface area contributed by atoms with E-state index in [0.717, 1.165) is 12.1 Å². The van der Waals surface area contributed by atoms with E-state index in [2.05, 4.69) is 4.72 Å². The van der Waals surface area contributed by atoms with Crippen molar-refractivity contribution in [3.05, 3.63) is 29.0 Å². The number of rotatable bonds is 6. The average molecular weight is 310 g/mol. The van der Waals surface area contributed by atoms with E-state index >= 15 is 0 Å². The normalized spacial score (nSPS) is 13.8. The van der Waals surface area contributed by atoms with Gasteiger partial charge in [-0.2, -0.15) is 0 Å². The number of hydrogen-bond donors (Lipinski definition) is 2. The van der Waals surface area contributed by atoms with Crippen LogP contribution >= 0.6 is 11.6 Å². The molecular formula is C12H17ClFNO3S. The van der Waals surface area contributed by atoms with Gasteiger partial charge in [-0.25, -0.2) is 17.5 Å². The molecule has 1 unspecified atom stereocenters. The van der Waals surface area contributed by atoms with Crippen LogP contribution in [0.15, 0.2) is 23.1 Å². The summed E-state index contributed by atoms with van der Waals surface area (Å²) in [5.74, 6) is -0.475. The average Bonchev–Trinajstić information content (AvgIpc) is 2.30. The van der Waals surface area contributed by atoms with Crippen LogP contribution in [0.3, 0.4) is 0 Å². The zero-order valence-electron chi connectivity index (χ0n) is 10.7. The minimum Gasteiger partial charge on any atom is -0.395 e. The molecule has 0 aromatic heterocycles. The third-order valence-electron chi connectivity index (χ3n) is 2.48. The number of hydrogen-bond acceptors (Lipinski definition) is 3. The summed E-state index contributed by atoms with van der Waals surface area (Å²) < 4.78 is 39.6. The van der Waals surface area contributed by atoms with Crippen molar-refractivity contribution in [3.8, 4) is 0 Å². The van der Waals surface area contributed by atoms with Gasteiger partial charge < -0.3 is 5.11 Å². The Labute approximate surface area is 117 Å². The molecule has 0 aliphatic carbocycles. The van der Waals surface area contributed by atoms with Gasteiger partial charge in [0, 0.05) is 6.04 Å². The molecule has 0 aliphatic heterocycles. The minimum atomic E-state index is -3.95. The largest absolute Gasteiger partial charge is 0.395 e. The Hall–Kier alpha value is -0.690. The second-order valence-electron chi connectivity index (χ2n) is 4.71. The molecule has 0 amide bonds. The Morgan fingerprint density at radius 2 is 2.05 bits per heavy atom. The Balaban J connectivity index is 3.00. The zero-order valence-corrected chi connectivity index (χ0v) is 12.3. The van der Waals surface area contributed by atoms with E-state index in [1.165, 1.54) is 6.07 Å². The number of aliphatic hydroxyl groups excluding tert-OH is 1. The second-order valence-corrected chi connectivity index (χ2v) is 6.79. The SMILES string of the molecule is CC(C)CC(CO)NS(=O)(=O)c1cc(F)ccc1Cl. The smallest absolute Gasteiger partial charge is 0.242 e. The van der Waals surface area contributed by atoms with Gasteiger partial charge in [0.25, 0.3) is 0 Å². The van der Waals surface area contributed by atoms with Crippen LogP contribution in [-0.4, -0.2) is 26.2 Å². The Bertz CT molecular complexity index is 534. The van der Waals surface area contributed by atoms with Crippen LogP contribution in [0.25, 0.3) is 0 Å². The van der Waals surface area contributed by atoms with Crippen molar-refractivity contribution in [1.82, 2.24) is 4.72 Å². The molecule has 4 nitrogen and oxygen atoms in total. The first-order valence-corrected chi connectivity index (χ1v) is 7.70. The summed E-state index contributed by atoms with van der Waals surface area (Å²) in [5, 5.41) is 9.11. The highest BCUT2D eigenvalue weighted by molar-refractivity contribution is 7.89. The summed E-state index contributed by atoms with van der Waals surface area (Å²) in [4.78, 5) is -0.323. The van der Waals surface area contributed by atoms with Crippen molar-refractivity contribution in [3.63, 3.8) is 0 Å². The molecule has 7 heteroatoms. The molecule has 0 fully saturated rings. The highest BCUT2D eigenvalue weighted by Gasteiger charge is 2.23. The third-order valence-corrected chi connectivity index (χ3v) is 4.48. The van der Waals surface area contributed by atoms with Gasteiger partial charge in [-0.3, -0.25) is 0 Å². The molecule has 0 radical (unpaired) electrons. The number of aliphatic hydroxyl groups is 1. The van der Waals surface area contributed by atoms with E-state index in [9.17, 15) is 17.9 Å². The molecule has 1 aromatic carbocycles. The van der Waals surface area contributed by atoms with Crippen LogP contribution in [0.4, 0.5) is 4.39 Å². The highest BCUT2D eigenvalue weighted by atomic mass is 35.5. The molecular weight excluding hydrogens is 293 g/mol. The maximum Gasteiger partial charge on any atom is 0.242 e. The molecule has 1 rings (SSSR count). The van der Waals surface area contributed by atoms with Crippen LogP contribution in [-0.2, 0) is 10.0 Å². The van der Waals surface area contributed by atoms with Crippen molar-refractivity contribution >= 4 is 21.6 Å². The number of benzene rings is 1. The quantitative estimate of drug-likeness (QED) is 0.846. The lowest BCUT2D eigenvalue weighted by Gasteiger charge is -2.18. The molecule has 0 heterocycles. The van der Waals surface area contributed by atoms with Crippen LogP contribution in [0.2, 0.25) is 5.02 Å². The summed E-state index contributed by atoms with van der Waals surface area (Å²) >= 11 is 5.76. The zero-order chi connectivity index (χ0) is 14.6. The first-order chi connectivity index (χ1) is 8.76. The van der Waals surface area contributed by atoms with E-state index < -0.39 is 21.9 Å². The molecule has 0 spiro atoms. The van der Waals surface area contributed by atoms with Gasteiger partial charge in [-0.05, 0) is 30.5 Å². The van der Waals surface area contributed by atoms with Gasteiger partial charge in [0.1, 0.15) is 10.7 Å². The fourth-order valence-electron chi connectivity index (χ4n) is 1.69. The first-order valence-electron chi connectivity index (χ1n) is 5.84. The Kier molecular flexibility index (Phi) is 5.73. The molecule has 1 aromatic rings. The van der Waals surface area contributed by atoms with Gasteiger partial charge in [0.15, 0.2) is 0 Å². The molecule has 0 saturated heterocycles. The number of halogens is 2. The molecule has 2 N–H and O–H groups in total. The van der Waals surface area contributed by atoms with Gasteiger partial charge in [0.2, 0.25) is 10.0 Å². The van der Waals surface area contributed by atoms with Gasteiger partial charge >= 0.3 is 0 Å². The predicted molar refractivity (Wildman–Crippen MR) is 72.1 cm³/mol. The molecule has 108 valence electrons. The lowest BCUT2D eigenvalue weighted by Crippen LogP contribution is -2.38. The van der Waals surface area contributed by atoms with E-state index in [1.807, 2.05) is 13.8 Å². The standard InChI is InChI=1S/C12H17ClFNO3S/c1-8(2)5-10(7-16)15-19(17,18)12-6-9(14)3-4-11(12)13/h3-4,6,8,10,15-16H,5,7H2,1-2H3. The van der Waals surface area contributed by atoms with Crippen LogP contribution in [0, 0.1) is 11.7 Å². The van der Waals surface area contributed by atoms with E-state index in [0.29, 0.717) is 6.42 Å². The summed E-state index contributed by atoms with van der Waals surface area (Å²) in [6, 6.07) is 2.50. The summed E-state index contributed by atoms with van der Waals surface area (Å²) in [7, 11) is -3.95. The Morgan fingerprint density at radius 1 is 1.42 bits per heavy atom. The molecule has 19 heavy (non-hydrogen) atoms. The molecule has 0 bridgehead atoms. The fourth-order valence-corrected chi connectivity index (χ4v) is 3.45.